The number of imidazole rings is 1. The highest BCUT2D eigenvalue weighted by molar-refractivity contribution is 7.91. The number of halogens is 1. The summed E-state index contributed by atoms with van der Waals surface area (Å²) in [6, 6.07) is 14.2. The number of ether oxygens (including phenoxy) is 1. The lowest BCUT2D eigenvalue weighted by atomic mass is 10.1. The van der Waals surface area contributed by atoms with Crippen molar-refractivity contribution in [3.63, 3.8) is 0 Å². The monoisotopic (exact) mass is 597 g/mol. The van der Waals surface area contributed by atoms with Crippen molar-refractivity contribution in [3.8, 4) is 0 Å². The molecule has 11 nitrogen and oxygen atoms in total. The van der Waals surface area contributed by atoms with Gasteiger partial charge in [0, 0.05) is 37.3 Å². The van der Waals surface area contributed by atoms with Gasteiger partial charge in [0.05, 0.1) is 17.3 Å². The summed E-state index contributed by atoms with van der Waals surface area (Å²) < 4.78 is 32.9. The highest BCUT2D eigenvalue weighted by atomic mass is 35.5. The summed E-state index contributed by atoms with van der Waals surface area (Å²) in [5, 5.41) is 2.07. The van der Waals surface area contributed by atoms with Crippen LogP contribution in [0.15, 0.2) is 65.7 Å². The van der Waals surface area contributed by atoms with Crippen LogP contribution in [0, 0.1) is 0 Å². The lowest BCUT2D eigenvalue weighted by Crippen LogP contribution is -2.60. The van der Waals surface area contributed by atoms with E-state index in [9.17, 15) is 22.8 Å². The fraction of sp³-hybridized carbons (Fsp3) is 0.286. The molecule has 0 aliphatic carbocycles. The molecule has 2 aromatic heterocycles. The first-order valence-electron chi connectivity index (χ1n) is 13.0. The number of benzene rings is 2. The van der Waals surface area contributed by atoms with Crippen LogP contribution in [0.25, 0.3) is 16.4 Å². The molecule has 1 unspecified atom stereocenters. The number of pyridine rings is 1. The molecule has 5 rings (SSSR count). The molecule has 3 heterocycles. The first-order chi connectivity index (χ1) is 19.6. The summed E-state index contributed by atoms with van der Waals surface area (Å²) in [5.74, 6) is -1.49. The van der Waals surface area contributed by atoms with Crippen molar-refractivity contribution in [2.45, 2.75) is 24.3 Å². The van der Waals surface area contributed by atoms with Crippen molar-refractivity contribution in [2.24, 2.45) is 5.73 Å². The van der Waals surface area contributed by atoms with Crippen LogP contribution in [-0.2, 0) is 24.2 Å². The Kier molecular flexibility index (Phi) is 7.87. The van der Waals surface area contributed by atoms with Gasteiger partial charge >= 0.3 is 5.97 Å². The summed E-state index contributed by atoms with van der Waals surface area (Å²) >= 11 is 6.02. The summed E-state index contributed by atoms with van der Waals surface area (Å²) in [6.07, 6.45) is 1.26. The number of nitrogens with two attached hydrogens (primary N) is 1. The van der Waals surface area contributed by atoms with Crippen LogP contribution in [0.2, 0.25) is 5.02 Å². The van der Waals surface area contributed by atoms with Crippen molar-refractivity contribution in [3.05, 3.63) is 71.5 Å². The number of hydrogen-bond acceptors (Lipinski definition) is 8. The number of aromatic nitrogens is 2. The van der Waals surface area contributed by atoms with Crippen LogP contribution in [-0.4, -0.2) is 78.5 Å². The summed E-state index contributed by atoms with van der Waals surface area (Å²) in [7, 11) is -3.78. The predicted octanol–water partition coefficient (Wildman–Crippen LogP) is 2.68. The van der Waals surface area contributed by atoms with Gasteiger partial charge in [0.1, 0.15) is 17.5 Å². The minimum absolute atomic E-state index is 0.0904. The predicted molar refractivity (Wildman–Crippen MR) is 154 cm³/mol. The van der Waals surface area contributed by atoms with Gasteiger partial charge in [-0.2, -0.15) is 0 Å². The van der Waals surface area contributed by atoms with Gasteiger partial charge < -0.3 is 20.3 Å². The van der Waals surface area contributed by atoms with Crippen LogP contribution in [0.1, 0.15) is 23.8 Å². The quantitative estimate of drug-likeness (QED) is 0.305. The molecule has 0 radical (unpaired) electrons. The van der Waals surface area contributed by atoms with Gasteiger partial charge in [-0.3, -0.25) is 14.0 Å². The number of carbonyl (C=O) groups is 3. The molecule has 1 fully saturated rings. The molecule has 4 aromatic rings. The Balaban J connectivity index is 1.30. The van der Waals surface area contributed by atoms with Crippen molar-refractivity contribution in [1.29, 1.82) is 0 Å². The van der Waals surface area contributed by atoms with Gasteiger partial charge in [0.15, 0.2) is 15.5 Å². The second kappa shape index (κ2) is 11.4. The molecular weight excluding hydrogens is 570 g/mol. The second-order valence-corrected chi connectivity index (χ2v) is 12.2. The number of hydrogen-bond donors (Lipinski definition) is 1. The van der Waals surface area contributed by atoms with E-state index in [1.807, 2.05) is 11.0 Å². The van der Waals surface area contributed by atoms with E-state index < -0.39 is 39.4 Å². The molecule has 214 valence electrons. The molecule has 1 atom stereocenters. The molecule has 2 amide bonds. The van der Waals surface area contributed by atoms with Crippen molar-refractivity contribution in [1.82, 2.24) is 14.3 Å². The Bertz CT molecular complexity index is 1770. The van der Waals surface area contributed by atoms with Gasteiger partial charge in [0.2, 0.25) is 11.8 Å². The SMILES string of the molecule is CCOC(=O)c1cn2c(N3CCN(C(=O)CCS(=O)(=O)c4ccc5cc(Cl)ccc5c4)C(C(N)=O)C3)cccc2n1. The maximum Gasteiger partial charge on any atom is 0.358 e. The van der Waals surface area contributed by atoms with Crippen LogP contribution >= 0.6 is 11.6 Å². The third kappa shape index (κ3) is 5.84. The Labute approximate surface area is 241 Å². The minimum Gasteiger partial charge on any atom is -0.461 e. The molecule has 1 saturated heterocycles. The summed E-state index contributed by atoms with van der Waals surface area (Å²) in [6.45, 7) is 2.52. The zero-order valence-electron chi connectivity index (χ0n) is 22.2. The number of sulfone groups is 1. The maximum absolute atomic E-state index is 13.2. The molecule has 0 bridgehead atoms. The second-order valence-electron chi connectivity index (χ2n) is 9.63. The number of piperazine rings is 1. The van der Waals surface area contributed by atoms with E-state index in [0.717, 1.165) is 5.39 Å². The number of primary amides is 1. The van der Waals surface area contributed by atoms with Crippen molar-refractivity contribution < 1.29 is 27.5 Å². The summed E-state index contributed by atoms with van der Waals surface area (Å²) in [5.41, 5.74) is 6.36. The zero-order chi connectivity index (χ0) is 29.3. The van der Waals surface area contributed by atoms with Gasteiger partial charge in [-0.15, -0.1) is 0 Å². The zero-order valence-corrected chi connectivity index (χ0v) is 23.8. The molecule has 2 aromatic carbocycles. The molecule has 2 N–H and O–H groups in total. The van der Waals surface area contributed by atoms with Gasteiger partial charge in [-0.05, 0) is 54.1 Å². The molecule has 1 aliphatic rings. The van der Waals surface area contributed by atoms with Crippen molar-refractivity contribution in [2.75, 3.05) is 36.9 Å². The molecular formula is C28H28ClN5O6S. The number of rotatable bonds is 8. The minimum atomic E-state index is -3.78. The Morgan fingerprint density at radius 3 is 2.59 bits per heavy atom. The third-order valence-corrected chi connectivity index (χ3v) is 8.97. The van der Waals surface area contributed by atoms with Crippen LogP contribution < -0.4 is 10.6 Å². The third-order valence-electron chi connectivity index (χ3n) is 7.03. The molecule has 13 heteroatoms. The number of fused-ring (bicyclic) bond motifs is 2. The number of amides is 2. The number of nitrogens with zero attached hydrogens (tertiary/aromatic N) is 4. The lowest BCUT2D eigenvalue weighted by Gasteiger charge is -2.41. The van der Waals surface area contributed by atoms with E-state index in [2.05, 4.69) is 4.98 Å². The van der Waals surface area contributed by atoms with E-state index in [1.54, 1.807) is 60.0 Å². The Hall–Kier alpha value is -4.16. The molecule has 1 aliphatic heterocycles. The van der Waals surface area contributed by atoms with E-state index in [4.69, 9.17) is 22.1 Å². The lowest BCUT2D eigenvalue weighted by molar-refractivity contribution is -0.139. The average Bonchev–Trinajstić information content (AvgIpc) is 3.40. The van der Waals surface area contributed by atoms with E-state index in [1.165, 1.54) is 11.0 Å². The van der Waals surface area contributed by atoms with Gasteiger partial charge in [0.25, 0.3) is 0 Å². The van der Waals surface area contributed by atoms with Gasteiger partial charge in [-0.25, -0.2) is 18.2 Å². The number of esters is 1. The largest absolute Gasteiger partial charge is 0.461 e. The highest BCUT2D eigenvalue weighted by Gasteiger charge is 2.35. The first-order valence-corrected chi connectivity index (χ1v) is 15.0. The highest BCUT2D eigenvalue weighted by Crippen LogP contribution is 2.25. The van der Waals surface area contributed by atoms with E-state index in [-0.39, 0.29) is 36.7 Å². The Morgan fingerprint density at radius 1 is 1.07 bits per heavy atom. The van der Waals surface area contributed by atoms with E-state index in [0.29, 0.717) is 28.4 Å². The summed E-state index contributed by atoms with van der Waals surface area (Å²) in [4.78, 5) is 45.5. The molecule has 0 spiro atoms. The topological polar surface area (TPSA) is 144 Å². The number of carbonyl (C=O) groups excluding carboxylic acids is 3. The fourth-order valence-corrected chi connectivity index (χ4v) is 6.40. The maximum atomic E-state index is 13.2. The standard InChI is InChI=1S/C28H28ClN5O6S/c1-2-40-28(37)22-16-34-24(31-22)4-3-5-25(34)32-11-12-33(23(17-32)27(30)36)26(35)10-13-41(38,39)21-9-7-18-14-20(29)8-6-19(18)15-21/h3-9,14-16,23H,2,10-13,17H2,1H3,(H2,30,36). The molecule has 41 heavy (non-hydrogen) atoms. The van der Waals surface area contributed by atoms with Crippen molar-refractivity contribution >= 4 is 61.5 Å². The Morgan fingerprint density at radius 2 is 1.83 bits per heavy atom. The number of anilines is 1. The van der Waals surface area contributed by atoms with Crippen LogP contribution in [0.4, 0.5) is 5.82 Å². The fourth-order valence-electron chi connectivity index (χ4n) is 4.96. The first kappa shape index (κ1) is 28.4. The average molecular weight is 598 g/mol. The molecule has 0 saturated carbocycles. The van der Waals surface area contributed by atoms with E-state index >= 15 is 0 Å². The van der Waals surface area contributed by atoms with Crippen LogP contribution in [0.3, 0.4) is 0 Å². The normalized spacial score (nSPS) is 15.8. The van der Waals surface area contributed by atoms with Crippen LogP contribution in [0.5, 0.6) is 0 Å². The smallest absolute Gasteiger partial charge is 0.358 e. The van der Waals surface area contributed by atoms with Gasteiger partial charge in [-0.1, -0.05) is 29.8 Å².